The summed E-state index contributed by atoms with van der Waals surface area (Å²) in [4.78, 5) is 14.2. The first-order valence-electron chi connectivity index (χ1n) is 7.24. The van der Waals surface area contributed by atoms with Crippen LogP contribution in [-0.2, 0) is 0 Å². The van der Waals surface area contributed by atoms with Crippen molar-refractivity contribution in [1.82, 2.24) is 4.90 Å². The third-order valence-corrected chi connectivity index (χ3v) is 5.55. The van der Waals surface area contributed by atoms with Crippen LogP contribution in [0, 0.1) is 11.3 Å². The lowest BCUT2D eigenvalue weighted by atomic mass is 9.92. The summed E-state index contributed by atoms with van der Waals surface area (Å²) in [6, 6.07) is 0. The van der Waals surface area contributed by atoms with Crippen molar-refractivity contribution in [3.05, 3.63) is 4.88 Å². The van der Waals surface area contributed by atoms with E-state index in [1.807, 2.05) is 0 Å². The zero-order chi connectivity index (χ0) is 15.8. The van der Waals surface area contributed by atoms with Crippen LogP contribution in [0.2, 0.25) is 0 Å². The number of carbonyl (C=O) groups is 1. The van der Waals surface area contributed by atoms with Crippen LogP contribution in [0.4, 0.5) is 10.7 Å². The molecular formula is C15H25N3O2S. The van der Waals surface area contributed by atoms with E-state index in [4.69, 9.17) is 10.5 Å². The minimum absolute atomic E-state index is 0.0890. The second-order valence-electron chi connectivity index (χ2n) is 6.28. The number of nitrogens with one attached hydrogen (secondary N) is 1. The Balaban J connectivity index is 2.20. The van der Waals surface area contributed by atoms with Crippen molar-refractivity contribution >= 4 is 27.9 Å². The Bertz CT molecular complexity index is 533. The summed E-state index contributed by atoms with van der Waals surface area (Å²) >= 11 is 1.38. The maximum Gasteiger partial charge on any atom is 0.265 e. The molecule has 0 unspecified atom stereocenters. The molecule has 2 rings (SSSR count). The molecule has 1 fully saturated rings. The summed E-state index contributed by atoms with van der Waals surface area (Å²) in [5.41, 5.74) is 6.88. The Kier molecular flexibility index (Phi) is 4.37. The Morgan fingerprint density at radius 3 is 2.52 bits per heavy atom. The van der Waals surface area contributed by atoms with E-state index in [1.54, 1.807) is 21.2 Å². The van der Waals surface area contributed by atoms with Gasteiger partial charge < -0.3 is 20.7 Å². The van der Waals surface area contributed by atoms with Crippen LogP contribution in [-0.4, -0.2) is 38.6 Å². The molecule has 6 heteroatoms. The third kappa shape index (κ3) is 2.95. The van der Waals surface area contributed by atoms with Gasteiger partial charge in [-0.1, -0.05) is 13.8 Å². The Morgan fingerprint density at radius 1 is 1.48 bits per heavy atom. The van der Waals surface area contributed by atoms with Gasteiger partial charge in [0.15, 0.2) is 5.75 Å². The summed E-state index contributed by atoms with van der Waals surface area (Å²) in [5, 5.41) is 4.30. The third-order valence-electron chi connectivity index (χ3n) is 4.42. The molecule has 0 aromatic carbocycles. The molecular weight excluding hydrogens is 286 g/mol. The second-order valence-corrected chi connectivity index (χ2v) is 7.30. The maximum absolute atomic E-state index is 12.1. The van der Waals surface area contributed by atoms with Crippen LogP contribution in [0.25, 0.3) is 0 Å². The van der Waals surface area contributed by atoms with Crippen molar-refractivity contribution < 1.29 is 9.53 Å². The number of amides is 1. The summed E-state index contributed by atoms with van der Waals surface area (Å²) < 4.78 is 5.38. The molecule has 0 bridgehead atoms. The van der Waals surface area contributed by atoms with Gasteiger partial charge in [0, 0.05) is 20.6 Å². The quantitative estimate of drug-likeness (QED) is 0.847. The van der Waals surface area contributed by atoms with E-state index in [2.05, 4.69) is 19.2 Å². The number of nitrogen functional groups attached to an aromatic ring is 1. The molecule has 0 spiro atoms. The normalized spacial score (nSPS) is 15.9. The smallest absolute Gasteiger partial charge is 0.265 e. The maximum atomic E-state index is 12.1. The molecule has 1 aromatic heterocycles. The van der Waals surface area contributed by atoms with E-state index in [0.717, 1.165) is 11.5 Å². The standard InChI is InChI=1S/C15H25N3O2S/c1-9(2)15(6-7-15)8-17-13-11(20-5)10(16)12(21-13)14(19)18(3)4/h9,17H,6-8,16H2,1-5H3. The Morgan fingerprint density at radius 2 is 2.10 bits per heavy atom. The topological polar surface area (TPSA) is 67.6 Å². The minimum atomic E-state index is -0.0890. The van der Waals surface area contributed by atoms with Crippen LogP contribution >= 0.6 is 11.3 Å². The fraction of sp³-hybridized carbons (Fsp3) is 0.667. The molecule has 118 valence electrons. The van der Waals surface area contributed by atoms with Crippen LogP contribution in [0.3, 0.4) is 0 Å². The van der Waals surface area contributed by atoms with Crippen LogP contribution < -0.4 is 15.8 Å². The second kappa shape index (κ2) is 5.75. The fourth-order valence-electron chi connectivity index (χ4n) is 2.48. The van der Waals surface area contributed by atoms with Gasteiger partial charge in [-0.15, -0.1) is 11.3 Å². The van der Waals surface area contributed by atoms with Gasteiger partial charge in [-0.3, -0.25) is 4.79 Å². The molecule has 1 aliphatic carbocycles. The summed E-state index contributed by atoms with van der Waals surface area (Å²) in [5.74, 6) is 1.15. The SMILES string of the molecule is COc1c(NCC2(C(C)C)CC2)sc(C(=O)N(C)C)c1N. The number of hydrogen-bond acceptors (Lipinski definition) is 5. The van der Waals surface area contributed by atoms with Crippen molar-refractivity contribution in [2.24, 2.45) is 11.3 Å². The highest BCUT2D eigenvalue weighted by Gasteiger charge is 2.45. The van der Waals surface area contributed by atoms with Gasteiger partial charge in [0.25, 0.3) is 5.91 Å². The summed E-state index contributed by atoms with van der Waals surface area (Å²) in [7, 11) is 5.03. The number of nitrogens with two attached hydrogens (primary N) is 1. The van der Waals surface area contributed by atoms with E-state index in [0.29, 0.717) is 27.6 Å². The van der Waals surface area contributed by atoms with Gasteiger partial charge in [-0.2, -0.15) is 0 Å². The molecule has 1 aliphatic rings. The highest BCUT2D eigenvalue weighted by atomic mass is 32.1. The van der Waals surface area contributed by atoms with Crippen molar-refractivity contribution in [2.75, 3.05) is 38.8 Å². The summed E-state index contributed by atoms with van der Waals surface area (Å²) in [6.45, 7) is 5.42. The number of methoxy groups -OCH3 is 1. The molecule has 3 N–H and O–H groups in total. The van der Waals surface area contributed by atoms with Crippen molar-refractivity contribution in [3.8, 4) is 5.75 Å². The van der Waals surface area contributed by atoms with Crippen LogP contribution in [0.5, 0.6) is 5.75 Å². The molecule has 1 amide bonds. The fourth-order valence-corrected chi connectivity index (χ4v) is 3.59. The molecule has 1 saturated carbocycles. The monoisotopic (exact) mass is 311 g/mol. The molecule has 0 atom stereocenters. The van der Waals surface area contributed by atoms with Crippen molar-refractivity contribution in [3.63, 3.8) is 0 Å². The summed E-state index contributed by atoms with van der Waals surface area (Å²) in [6.07, 6.45) is 2.51. The lowest BCUT2D eigenvalue weighted by molar-refractivity contribution is 0.0833. The molecule has 1 heterocycles. The molecule has 5 nitrogen and oxygen atoms in total. The van der Waals surface area contributed by atoms with Crippen LogP contribution in [0.1, 0.15) is 36.4 Å². The highest BCUT2D eigenvalue weighted by molar-refractivity contribution is 7.19. The van der Waals surface area contributed by atoms with E-state index in [1.165, 1.54) is 29.1 Å². The largest absolute Gasteiger partial charge is 0.492 e. The van der Waals surface area contributed by atoms with E-state index < -0.39 is 0 Å². The molecule has 1 aromatic rings. The number of hydrogen-bond donors (Lipinski definition) is 2. The Hall–Kier alpha value is -1.43. The number of ether oxygens (including phenoxy) is 1. The first kappa shape index (κ1) is 15.9. The number of carbonyl (C=O) groups excluding carboxylic acids is 1. The van der Waals surface area contributed by atoms with Gasteiger partial charge in [0.2, 0.25) is 0 Å². The van der Waals surface area contributed by atoms with Crippen molar-refractivity contribution in [2.45, 2.75) is 26.7 Å². The average molecular weight is 311 g/mol. The highest BCUT2D eigenvalue weighted by Crippen LogP contribution is 2.52. The zero-order valence-corrected chi connectivity index (χ0v) is 14.3. The number of nitrogens with zero attached hydrogens (tertiary/aromatic N) is 1. The van der Waals surface area contributed by atoms with Gasteiger partial charge in [0.05, 0.1) is 7.11 Å². The number of rotatable bonds is 6. The van der Waals surface area contributed by atoms with Gasteiger partial charge in [0.1, 0.15) is 15.6 Å². The minimum Gasteiger partial charge on any atom is -0.492 e. The molecule has 0 radical (unpaired) electrons. The number of anilines is 2. The van der Waals surface area contributed by atoms with Gasteiger partial charge >= 0.3 is 0 Å². The molecule has 0 aliphatic heterocycles. The van der Waals surface area contributed by atoms with E-state index in [9.17, 15) is 4.79 Å². The predicted octanol–water partition coefficient (Wildman–Crippen LogP) is 2.89. The molecule has 0 saturated heterocycles. The van der Waals surface area contributed by atoms with E-state index >= 15 is 0 Å². The first-order valence-corrected chi connectivity index (χ1v) is 8.06. The zero-order valence-electron chi connectivity index (χ0n) is 13.4. The Labute approximate surface area is 130 Å². The number of thiophene rings is 1. The van der Waals surface area contributed by atoms with Crippen molar-refractivity contribution in [1.29, 1.82) is 0 Å². The van der Waals surface area contributed by atoms with Crippen LogP contribution in [0.15, 0.2) is 0 Å². The average Bonchev–Trinajstić information content (AvgIpc) is 3.15. The molecule has 21 heavy (non-hydrogen) atoms. The van der Waals surface area contributed by atoms with E-state index in [-0.39, 0.29) is 5.91 Å². The van der Waals surface area contributed by atoms with Gasteiger partial charge in [-0.25, -0.2) is 0 Å². The lowest BCUT2D eigenvalue weighted by Gasteiger charge is -2.20. The first-order chi connectivity index (χ1) is 9.82. The van der Waals surface area contributed by atoms with Gasteiger partial charge in [-0.05, 0) is 24.2 Å². The lowest BCUT2D eigenvalue weighted by Crippen LogP contribution is -2.21. The predicted molar refractivity (Wildman–Crippen MR) is 88.3 cm³/mol.